The second-order valence-corrected chi connectivity index (χ2v) is 7.27. The van der Waals surface area contributed by atoms with Gasteiger partial charge in [0.05, 0.1) is 5.69 Å². The van der Waals surface area contributed by atoms with Crippen LogP contribution in [-0.4, -0.2) is 57.7 Å². The van der Waals surface area contributed by atoms with E-state index in [9.17, 15) is 4.39 Å². The number of nitrogens with one attached hydrogen (secondary N) is 2. The first kappa shape index (κ1) is 20.5. The normalized spacial score (nSPS) is 18.7. The van der Waals surface area contributed by atoms with E-state index in [1.807, 2.05) is 26.2 Å². The van der Waals surface area contributed by atoms with Crippen LogP contribution in [0.1, 0.15) is 38.2 Å². The molecule has 1 aromatic rings. The third kappa shape index (κ3) is 6.16. The number of likely N-dealkylation sites (tertiary alicyclic amines) is 1. The fourth-order valence-electron chi connectivity index (χ4n) is 3.41. The molecule has 0 spiro atoms. The average molecular weight is 364 g/mol. The Balaban J connectivity index is 1.71. The highest BCUT2D eigenvalue weighted by Crippen LogP contribution is 2.18. The van der Waals surface area contributed by atoms with E-state index in [2.05, 4.69) is 27.4 Å². The molecule has 2 N–H and O–H groups in total. The number of anilines is 1. The highest BCUT2D eigenvalue weighted by atomic mass is 19.1. The number of nitrogens with zero attached hydrogens (tertiary/aromatic N) is 3. The van der Waals surface area contributed by atoms with Gasteiger partial charge in [0.1, 0.15) is 5.82 Å². The van der Waals surface area contributed by atoms with E-state index in [0.29, 0.717) is 18.3 Å². The molecule has 1 aliphatic rings. The van der Waals surface area contributed by atoms with Crippen LogP contribution in [0.2, 0.25) is 0 Å². The van der Waals surface area contributed by atoms with Crippen molar-refractivity contribution in [2.24, 2.45) is 4.99 Å². The topological polar surface area (TPSA) is 42.9 Å². The van der Waals surface area contributed by atoms with Gasteiger partial charge in [0.15, 0.2) is 5.96 Å². The fraction of sp³-hybridized carbons (Fsp3) is 0.650. The Labute approximate surface area is 157 Å². The maximum Gasteiger partial charge on any atom is 0.191 e. The van der Waals surface area contributed by atoms with Gasteiger partial charge in [-0.3, -0.25) is 4.99 Å². The summed E-state index contributed by atoms with van der Waals surface area (Å²) in [7, 11) is 5.44. The molecule has 2 rings (SSSR count). The summed E-state index contributed by atoms with van der Waals surface area (Å²) >= 11 is 0. The molecular formula is C20H34FN5. The molecule has 1 heterocycles. The maximum absolute atomic E-state index is 14.0. The number of hydrogen-bond acceptors (Lipinski definition) is 3. The van der Waals surface area contributed by atoms with Crippen LogP contribution in [0.25, 0.3) is 0 Å². The van der Waals surface area contributed by atoms with Gasteiger partial charge in [-0.2, -0.15) is 0 Å². The van der Waals surface area contributed by atoms with Crippen molar-refractivity contribution in [3.05, 3.63) is 29.6 Å². The maximum atomic E-state index is 14.0. The Morgan fingerprint density at radius 1 is 1.31 bits per heavy atom. The molecule has 26 heavy (non-hydrogen) atoms. The molecule has 1 fully saturated rings. The SMILES string of the molecule is CN=C(NCCCN1CCCCC1C)NCc1ccc(N(C)C)c(F)c1. The van der Waals surface area contributed by atoms with Gasteiger partial charge < -0.3 is 20.4 Å². The summed E-state index contributed by atoms with van der Waals surface area (Å²) < 4.78 is 14.0. The van der Waals surface area contributed by atoms with Gasteiger partial charge in [-0.1, -0.05) is 12.5 Å². The molecule has 146 valence electrons. The minimum absolute atomic E-state index is 0.201. The standard InChI is InChI=1S/C20H34FN5/c1-16-8-5-6-12-26(16)13-7-11-23-20(22-2)24-15-17-9-10-19(25(3)4)18(21)14-17/h9-10,14,16H,5-8,11-13,15H2,1-4H3,(H2,22,23,24). The van der Waals surface area contributed by atoms with E-state index in [-0.39, 0.29) is 5.82 Å². The molecule has 0 aromatic heterocycles. The van der Waals surface area contributed by atoms with E-state index < -0.39 is 0 Å². The summed E-state index contributed by atoms with van der Waals surface area (Å²) in [6, 6.07) is 6.03. The molecule has 0 aliphatic carbocycles. The Bertz CT molecular complexity index is 588. The predicted molar refractivity (Wildman–Crippen MR) is 108 cm³/mol. The lowest BCUT2D eigenvalue weighted by Gasteiger charge is -2.33. The van der Waals surface area contributed by atoms with Crippen molar-refractivity contribution >= 4 is 11.6 Å². The van der Waals surface area contributed by atoms with Crippen molar-refractivity contribution in [2.45, 2.75) is 45.2 Å². The van der Waals surface area contributed by atoms with Crippen molar-refractivity contribution in [1.29, 1.82) is 0 Å². The fourth-order valence-corrected chi connectivity index (χ4v) is 3.41. The van der Waals surface area contributed by atoms with E-state index >= 15 is 0 Å². The lowest BCUT2D eigenvalue weighted by molar-refractivity contribution is 0.159. The molecule has 5 nitrogen and oxygen atoms in total. The minimum Gasteiger partial charge on any atom is -0.375 e. The van der Waals surface area contributed by atoms with E-state index in [1.165, 1.54) is 25.8 Å². The number of guanidine groups is 1. The van der Waals surface area contributed by atoms with Gasteiger partial charge in [0.25, 0.3) is 0 Å². The second kappa shape index (κ2) is 10.4. The van der Waals surface area contributed by atoms with Gasteiger partial charge in [-0.25, -0.2) is 4.39 Å². The predicted octanol–water partition coefficient (Wildman–Crippen LogP) is 2.82. The lowest BCUT2D eigenvalue weighted by atomic mass is 10.0. The van der Waals surface area contributed by atoms with Gasteiger partial charge in [0.2, 0.25) is 0 Å². The third-order valence-electron chi connectivity index (χ3n) is 5.03. The molecule has 0 amide bonds. The molecule has 1 aliphatic heterocycles. The van der Waals surface area contributed by atoms with Crippen LogP contribution < -0.4 is 15.5 Å². The summed E-state index contributed by atoms with van der Waals surface area (Å²) in [4.78, 5) is 8.60. The number of aliphatic imine (C=N–C) groups is 1. The highest BCUT2D eigenvalue weighted by molar-refractivity contribution is 5.79. The van der Waals surface area contributed by atoms with Crippen molar-refractivity contribution < 1.29 is 4.39 Å². The smallest absolute Gasteiger partial charge is 0.191 e. The van der Waals surface area contributed by atoms with Gasteiger partial charge in [-0.05, 0) is 50.4 Å². The summed E-state index contributed by atoms with van der Waals surface area (Å²) in [6.07, 6.45) is 5.10. The van der Waals surface area contributed by atoms with E-state index in [1.54, 1.807) is 18.0 Å². The summed E-state index contributed by atoms with van der Waals surface area (Å²) in [6.45, 7) is 6.11. The number of hydrogen-bond donors (Lipinski definition) is 2. The first-order chi connectivity index (χ1) is 12.5. The van der Waals surface area contributed by atoms with E-state index in [4.69, 9.17) is 0 Å². The third-order valence-corrected chi connectivity index (χ3v) is 5.03. The molecule has 0 bridgehead atoms. The lowest BCUT2D eigenvalue weighted by Crippen LogP contribution is -2.41. The molecule has 1 aromatic carbocycles. The molecule has 0 radical (unpaired) electrons. The molecule has 1 unspecified atom stereocenters. The van der Waals surface area contributed by atoms with Crippen molar-refractivity contribution in [3.8, 4) is 0 Å². The number of piperidine rings is 1. The zero-order valence-corrected chi connectivity index (χ0v) is 16.7. The molecular weight excluding hydrogens is 329 g/mol. The quantitative estimate of drug-likeness (QED) is 0.444. The van der Waals surface area contributed by atoms with E-state index in [0.717, 1.165) is 31.0 Å². The number of benzene rings is 1. The molecule has 0 saturated carbocycles. The van der Waals surface area contributed by atoms with Crippen molar-refractivity contribution in [1.82, 2.24) is 15.5 Å². The van der Waals surface area contributed by atoms with Crippen LogP contribution in [0, 0.1) is 5.82 Å². The number of rotatable bonds is 7. The first-order valence-electron chi connectivity index (χ1n) is 9.65. The van der Waals surface area contributed by atoms with Gasteiger partial charge >= 0.3 is 0 Å². The van der Waals surface area contributed by atoms with Crippen molar-refractivity contribution in [3.63, 3.8) is 0 Å². The van der Waals surface area contributed by atoms with Crippen LogP contribution >= 0.6 is 0 Å². The van der Waals surface area contributed by atoms with Gasteiger partial charge in [-0.15, -0.1) is 0 Å². The largest absolute Gasteiger partial charge is 0.375 e. The Kier molecular flexibility index (Phi) is 8.16. The highest BCUT2D eigenvalue weighted by Gasteiger charge is 2.17. The molecule has 6 heteroatoms. The zero-order chi connectivity index (χ0) is 18.9. The Hall–Kier alpha value is -1.82. The van der Waals surface area contributed by atoms with Crippen LogP contribution in [-0.2, 0) is 6.54 Å². The summed E-state index contributed by atoms with van der Waals surface area (Å²) in [5, 5.41) is 6.60. The first-order valence-corrected chi connectivity index (χ1v) is 9.65. The van der Waals surface area contributed by atoms with Crippen LogP contribution in [0.5, 0.6) is 0 Å². The van der Waals surface area contributed by atoms with Gasteiger partial charge in [0, 0.05) is 46.8 Å². The monoisotopic (exact) mass is 363 g/mol. The average Bonchev–Trinajstić information content (AvgIpc) is 2.62. The number of halogens is 1. The Morgan fingerprint density at radius 2 is 2.12 bits per heavy atom. The second-order valence-electron chi connectivity index (χ2n) is 7.27. The summed E-state index contributed by atoms with van der Waals surface area (Å²) in [5.41, 5.74) is 1.50. The zero-order valence-electron chi connectivity index (χ0n) is 16.7. The Morgan fingerprint density at radius 3 is 2.77 bits per heavy atom. The van der Waals surface area contributed by atoms with Crippen LogP contribution in [0.15, 0.2) is 23.2 Å². The summed E-state index contributed by atoms with van der Waals surface area (Å²) in [5.74, 6) is 0.557. The molecule has 1 atom stereocenters. The van der Waals surface area contributed by atoms with Crippen LogP contribution in [0.3, 0.4) is 0 Å². The molecule has 1 saturated heterocycles. The van der Waals surface area contributed by atoms with Crippen LogP contribution in [0.4, 0.5) is 10.1 Å². The minimum atomic E-state index is -0.201. The van der Waals surface area contributed by atoms with Crippen molar-refractivity contribution in [2.75, 3.05) is 45.7 Å².